The zero-order valence-electron chi connectivity index (χ0n) is 27.3. The second kappa shape index (κ2) is 9.37. The van der Waals surface area contributed by atoms with Crippen LogP contribution in [0, 0.1) is 51.1 Å². The van der Waals surface area contributed by atoms with Gasteiger partial charge in [0.05, 0.1) is 23.4 Å². The number of halogens is 1. The van der Waals surface area contributed by atoms with Gasteiger partial charge < -0.3 is 10.1 Å². The van der Waals surface area contributed by atoms with E-state index in [1.165, 1.54) is 37.0 Å². The first kappa shape index (κ1) is 29.4. The molecule has 5 aliphatic rings. The summed E-state index contributed by atoms with van der Waals surface area (Å²) in [6, 6.07) is 6.57. The fourth-order valence-electron chi connectivity index (χ4n) is 12.2. The Morgan fingerprint density at radius 1 is 0.907 bits per heavy atom. The molecule has 5 aliphatic carbocycles. The number of benzene rings is 1. The van der Waals surface area contributed by atoms with E-state index < -0.39 is 0 Å². The van der Waals surface area contributed by atoms with Gasteiger partial charge in [0.25, 0.3) is 0 Å². The number of ketones is 1. The van der Waals surface area contributed by atoms with Gasteiger partial charge in [0.1, 0.15) is 11.6 Å². The molecule has 4 nitrogen and oxygen atoms in total. The number of carbonyl (C=O) groups is 1. The summed E-state index contributed by atoms with van der Waals surface area (Å²) in [4.78, 5) is 22.6. The van der Waals surface area contributed by atoms with E-state index in [4.69, 9.17) is 4.98 Å². The second-order valence-electron chi connectivity index (χ2n) is 16.8. The van der Waals surface area contributed by atoms with Gasteiger partial charge in [-0.15, -0.1) is 0 Å². The lowest BCUT2D eigenvalue weighted by Gasteiger charge is -2.72. The van der Waals surface area contributed by atoms with Crippen molar-refractivity contribution in [2.24, 2.45) is 45.3 Å². The van der Waals surface area contributed by atoms with Crippen molar-refractivity contribution in [1.29, 1.82) is 0 Å². The summed E-state index contributed by atoms with van der Waals surface area (Å²) >= 11 is 0. The standard InChI is InChI=1S/C38H51FN2O2/c1-22(2)31-27(42)20-38(33-40-21-26(41-33)23-8-10-24(39)11-9-23)19-18-36(6)25(32(31)38)12-13-29-35(5)16-15-30(43)34(3,4)28(35)14-17-37(29,36)7/h8-11,21-22,25,28-30,43H,12-20H2,1-7H3,(H,40,41)/t25-,28+,29-,30+,35+,36-,37-,38-/m1/s1. The molecule has 0 saturated heterocycles. The number of Topliss-reactive ketones (excluding diaryl/α,β-unsaturated/α-hetero) is 1. The Hall–Kier alpha value is -2.27. The molecule has 4 saturated carbocycles. The van der Waals surface area contributed by atoms with Gasteiger partial charge in [0, 0.05) is 6.42 Å². The van der Waals surface area contributed by atoms with Gasteiger partial charge in [-0.1, -0.05) is 48.5 Å². The van der Waals surface area contributed by atoms with Crippen LogP contribution in [0.5, 0.6) is 0 Å². The molecule has 0 amide bonds. The first-order valence-corrected chi connectivity index (χ1v) is 17.0. The summed E-state index contributed by atoms with van der Waals surface area (Å²) in [5, 5.41) is 11.1. The van der Waals surface area contributed by atoms with Crippen molar-refractivity contribution in [3.8, 4) is 11.3 Å². The van der Waals surface area contributed by atoms with E-state index in [0.29, 0.717) is 30.0 Å². The Morgan fingerprint density at radius 2 is 1.63 bits per heavy atom. The van der Waals surface area contributed by atoms with Gasteiger partial charge in [-0.2, -0.15) is 0 Å². The summed E-state index contributed by atoms with van der Waals surface area (Å²) in [5.74, 6) is 2.66. The maximum absolute atomic E-state index is 14.0. The number of rotatable bonds is 3. The van der Waals surface area contributed by atoms with Crippen molar-refractivity contribution >= 4 is 5.78 Å². The van der Waals surface area contributed by atoms with Gasteiger partial charge in [0.2, 0.25) is 0 Å². The predicted octanol–water partition coefficient (Wildman–Crippen LogP) is 8.81. The fraction of sp³-hybridized carbons (Fsp3) is 0.684. The second-order valence-corrected chi connectivity index (χ2v) is 16.8. The molecule has 0 radical (unpaired) electrons. The number of aliphatic hydroxyl groups excluding tert-OH is 1. The Balaban J connectivity index is 1.32. The van der Waals surface area contributed by atoms with Gasteiger partial charge in [0.15, 0.2) is 5.78 Å². The minimum absolute atomic E-state index is 0.0550. The Bertz CT molecular complexity index is 1490. The maximum Gasteiger partial charge on any atom is 0.160 e. The largest absolute Gasteiger partial charge is 0.393 e. The predicted molar refractivity (Wildman–Crippen MR) is 169 cm³/mol. The monoisotopic (exact) mass is 586 g/mol. The van der Waals surface area contributed by atoms with Crippen molar-refractivity contribution in [2.75, 3.05) is 0 Å². The molecule has 2 N–H and O–H groups in total. The molecule has 43 heavy (non-hydrogen) atoms. The van der Waals surface area contributed by atoms with Crippen molar-refractivity contribution in [3.63, 3.8) is 0 Å². The Morgan fingerprint density at radius 3 is 2.33 bits per heavy atom. The van der Waals surface area contributed by atoms with Gasteiger partial charge >= 0.3 is 0 Å². The van der Waals surface area contributed by atoms with Crippen molar-refractivity contribution in [1.82, 2.24) is 9.97 Å². The highest BCUT2D eigenvalue weighted by Gasteiger charge is 2.70. The number of hydrogen-bond acceptors (Lipinski definition) is 3. The number of nitrogens with one attached hydrogen (secondary N) is 1. The number of aromatic nitrogens is 2. The number of fused-ring (bicyclic) bond motifs is 7. The minimum atomic E-state index is -0.389. The molecular weight excluding hydrogens is 535 g/mol. The van der Waals surface area contributed by atoms with E-state index in [0.717, 1.165) is 54.8 Å². The lowest BCUT2D eigenvalue weighted by atomic mass is 9.33. The van der Waals surface area contributed by atoms with Crippen molar-refractivity contribution in [2.45, 2.75) is 118 Å². The minimum Gasteiger partial charge on any atom is -0.393 e. The van der Waals surface area contributed by atoms with Crippen LogP contribution < -0.4 is 0 Å². The molecular formula is C38H51FN2O2. The number of aliphatic hydroxyl groups is 1. The third-order valence-electron chi connectivity index (χ3n) is 14.6. The molecule has 0 unspecified atom stereocenters. The Kier molecular flexibility index (Phi) is 6.42. The number of imidazole rings is 1. The lowest BCUT2D eigenvalue weighted by molar-refractivity contribution is -0.226. The van der Waals surface area contributed by atoms with Crippen molar-refractivity contribution in [3.05, 3.63) is 53.3 Å². The van der Waals surface area contributed by atoms with E-state index in [1.807, 2.05) is 6.20 Å². The number of nitrogens with zero attached hydrogens (tertiary/aromatic N) is 1. The number of hydrogen-bond donors (Lipinski definition) is 2. The molecule has 7 rings (SSSR count). The van der Waals surface area contributed by atoms with Gasteiger partial charge in [-0.25, -0.2) is 9.37 Å². The number of H-pyrrole nitrogens is 1. The molecule has 0 spiro atoms. The summed E-state index contributed by atoms with van der Waals surface area (Å²) in [7, 11) is 0. The van der Waals surface area contributed by atoms with Crippen LogP contribution in [0.25, 0.3) is 11.3 Å². The smallest absolute Gasteiger partial charge is 0.160 e. The van der Waals surface area contributed by atoms with E-state index in [-0.39, 0.29) is 44.9 Å². The molecule has 0 aliphatic heterocycles. The first-order valence-electron chi connectivity index (χ1n) is 17.0. The highest BCUT2D eigenvalue weighted by Crippen LogP contribution is 2.76. The average Bonchev–Trinajstić information content (AvgIpc) is 3.55. The topological polar surface area (TPSA) is 66.0 Å². The summed E-state index contributed by atoms with van der Waals surface area (Å²) < 4.78 is 13.7. The van der Waals surface area contributed by atoms with Crippen LogP contribution in [0.3, 0.4) is 0 Å². The van der Waals surface area contributed by atoms with Crippen LogP contribution in [0.4, 0.5) is 4.39 Å². The maximum atomic E-state index is 14.0. The van der Waals surface area contributed by atoms with Crippen LogP contribution >= 0.6 is 0 Å². The summed E-state index contributed by atoms with van der Waals surface area (Å²) in [5.41, 5.74) is 4.31. The molecule has 5 heteroatoms. The van der Waals surface area contributed by atoms with Crippen LogP contribution in [0.2, 0.25) is 0 Å². The average molecular weight is 587 g/mol. The first-order chi connectivity index (χ1) is 20.2. The fourth-order valence-corrected chi connectivity index (χ4v) is 12.2. The van der Waals surface area contributed by atoms with Crippen molar-refractivity contribution < 1.29 is 14.3 Å². The quantitative estimate of drug-likeness (QED) is 0.378. The Labute approximate surface area is 257 Å². The van der Waals surface area contributed by atoms with Crippen LogP contribution in [0.15, 0.2) is 41.6 Å². The van der Waals surface area contributed by atoms with E-state index in [2.05, 4.69) is 53.5 Å². The molecule has 1 aromatic heterocycles. The van der Waals surface area contributed by atoms with Crippen LogP contribution in [0.1, 0.15) is 112 Å². The molecule has 4 fully saturated rings. The lowest BCUT2D eigenvalue weighted by Crippen LogP contribution is -2.65. The number of allylic oxidation sites excluding steroid dienone is 2. The normalized spacial score (nSPS) is 42.0. The molecule has 1 aromatic carbocycles. The molecule has 1 heterocycles. The van der Waals surface area contributed by atoms with Crippen LogP contribution in [-0.2, 0) is 10.2 Å². The highest BCUT2D eigenvalue weighted by atomic mass is 19.1. The number of aromatic amines is 1. The summed E-state index contributed by atoms with van der Waals surface area (Å²) in [6.07, 6.45) is 10.9. The van der Waals surface area contributed by atoms with E-state index in [9.17, 15) is 14.3 Å². The highest BCUT2D eigenvalue weighted by molar-refractivity contribution is 6.01. The SMILES string of the molecule is CC(C)C1=C2[C@H]3CC[C@@H]4[C@@]5(C)CC[C@H](O)C(C)(C)[C@@H]5CC[C@@]4(C)[C@]3(C)CC[C@@]2(c2ncc(-c3ccc(F)cc3)[nH]2)CC1=O. The van der Waals surface area contributed by atoms with E-state index >= 15 is 0 Å². The molecule has 0 bridgehead atoms. The third-order valence-corrected chi connectivity index (χ3v) is 14.6. The zero-order chi connectivity index (χ0) is 30.7. The van der Waals surface area contributed by atoms with Gasteiger partial charge in [-0.3, -0.25) is 4.79 Å². The third kappa shape index (κ3) is 3.75. The molecule has 232 valence electrons. The van der Waals surface area contributed by atoms with Gasteiger partial charge in [-0.05, 0) is 138 Å². The summed E-state index contributed by atoms with van der Waals surface area (Å²) in [6.45, 7) is 16.8. The molecule has 8 atom stereocenters. The van der Waals surface area contributed by atoms with E-state index in [1.54, 1.807) is 12.1 Å². The number of carbonyl (C=O) groups excluding carboxylic acids is 1. The van der Waals surface area contributed by atoms with Crippen LogP contribution in [-0.4, -0.2) is 27.0 Å². The molecule has 2 aromatic rings. The zero-order valence-corrected chi connectivity index (χ0v) is 27.3.